The molecule has 0 saturated carbocycles. The highest BCUT2D eigenvalue weighted by Gasteiger charge is 2.34. The van der Waals surface area contributed by atoms with E-state index >= 15 is 0 Å². The molecule has 0 unspecified atom stereocenters. The van der Waals surface area contributed by atoms with Crippen LogP contribution in [0.15, 0.2) is 105 Å². The minimum atomic E-state index is -4.35. The van der Waals surface area contributed by atoms with Gasteiger partial charge in [0.05, 0.1) is 46.1 Å². The number of nitrogens with zero attached hydrogens (tertiary/aromatic N) is 3. The monoisotopic (exact) mass is 852 g/mol. The maximum Gasteiger partial charge on any atom is 0.416 e. The first-order valence-electron chi connectivity index (χ1n) is 19.2. The minimum Gasteiger partial charge on any atom is -0.393 e. The van der Waals surface area contributed by atoms with Crippen molar-refractivity contribution in [3.05, 3.63) is 96.1 Å². The largest absolute Gasteiger partial charge is 0.416 e. The zero-order chi connectivity index (χ0) is 40.6. The number of fused-ring (bicyclic) bond motifs is 4. The van der Waals surface area contributed by atoms with Gasteiger partial charge in [-0.2, -0.15) is 26.3 Å². The van der Waals surface area contributed by atoms with Gasteiger partial charge < -0.3 is 30.2 Å². The number of hydrogen-bond donors (Lipinski definition) is 3. The first-order chi connectivity index (χ1) is 27.3. The number of piperidine rings is 2. The zero-order valence-electron chi connectivity index (χ0n) is 31.3. The van der Waals surface area contributed by atoms with E-state index < -0.39 is 23.5 Å². The number of alkyl halides is 7. The van der Waals surface area contributed by atoms with Crippen molar-refractivity contribution in [2.45, 2.75) is 82.7 Å². The molecule has 4 aromatic rings. The molecule has 0 bridgehead atoms. The summed E-state index contributed by atoms with van der Waals surface area (Å²) in [6.07, 6.45) is -3.91. The molecule has 0 atom stereocenters. The SMILES string of the molecule is FC(F)(F)c1ccc2c(c1)N(CCCCl)c1ccccc1S2.OC1CCN(CCCN2c3ccccc3Sc3ccc(C(F)(F)F)cc32)CC1.OC1CCNCC1. The molecule has 0 amide bonds. The first kappa shape index (κ1) is 43.5. The van der Waals surface area contributed by atoms with E-state index in [0.717, 1.165) is 108 Å². The van der Waals surface area contributed by atoms with E-state index in [1.54, 1.807) is 12.1 Å². The maximum absolute atomic E-state index is 13.3. The van der Waals surface area contributed by atoms with Crippen molar-refractivity contribution in [3.63, 3.8) is 0 Å². The lowest BCUT2D eigenvalue weighted by Crippen LogP contribution is -2.37. The van der Waals surface area contributed by atoms with E-state index in [4.69, 9.17) is 16.7 Å². The van der Waals surface area contributed by atoms with Crippen molar-refractivity contribution in [1.82, 2.24) is 10.2 Å². The fourth-order valence-electron chi connectivity index (χ4n) is 7.11. The fourth-order valence-corrected chi connectivity index (χ4v) is 9.38. The lowest BCUT2D eigenvalue weighted by atomic mass is 10.1. The van der Waals surface area contributed by atoms with Gasteiger partial charge in [0.2, 0.25) is 0 Å². The van der Waals surface area contributed by atoms with Gasteiger partial charge >= 0.3 is 12.4 Å². The predicted molar refractivity (Wildman–Crippen MR) is 218 cm³/mol. The summed E-state index contributed by atoms with van der Waals surface area (Å²) < 4.78 is 78.7. The molecule has 4 aliphatic heterocycles. The highest BCUT2D eigenvalue weighted by molar-refractivity contribution is 8.00. The Labute approximate surface area is 343 Å². The zero-order valence-corrected chi connectivity index (χ0v) is 33.7. The molecule has 15 heteroatoms. The molecule has 0 aliphatic carbocycles. The lowest BCUT2D eigenvalue weighted by Gasteiger charge is -2.34. The number of benzene rings is 4. The summed E-state index contributed by atoms with van der Waals surface area (Å²) in [5, 5.41) is 21.7. The molecule has 0 radical (unpaired) electrons. The maximum atomic E-state index is 13.3. The minimum absolute atomic E-state index is 0.0266. The summed E-state index contributed by atoms with van der Waals surface area (Å²) in [4.78, 5) is 10.1. The predicted octanol–water partition coefficient (Wildman–Crippen LogP) is 10.8. The van der Waals surface area contributed by atoms with Crippen LogP contribution in [0.3, 0.4) is 0 Å². The normalized spacial score (nSPS) is 17.3. The van der Waals surface area contributed by atoms with Gasteiger partial charge in [-0.25, -0.2) is 0 Å². The second-order valence-electron chi connectivity index (χ2n) is 14.3. The van der Waals surface area contributed by atoms with Gasteiger partial charge in [0, 0.05) is 51.6 Å². The molecule has 2 saturated heterocycles. The Morgan fingerprint density at radius 3 is 1.46 bits per heavy atom. The van der Waals surface area contributed by atoms with Gasteiger partial charge in [-0.3, -0.25) is 0 Å². The third-order valence-corrected chi connectivity index (χ3v) is 12.7. The van der Waals surface area contributed by atoms with Gasteiger partial charge in [-0.1, -0.05) is 47.8 Å². The molecule has 8 rings (SSSR count). The van der Waals surface area contributed by atoms with Crippen LogP contribution in [0, 0.1) is 0 Å². The first-order valence-corrected chi connectivity index (χ1v) is 21.3. The molecular formula is C42H47ClF6N4O2S2. The van der Waals surface area contributed by atoms with Crippen LogP contribution >= 0.6 is 35.1 Å². The second kappa shape index (κ2) is 19.8. The van der Waals surface area contributed by atoms with Gasteiger partial charge in [0.1, 0.15) is 0 Å². The van der Waals surface area contributed by atoms with Crippen molar-refractivity contribution in [3.8, 4) is 0 Å². The van der Waals surface area contributed by atoms with Crippen molar-refractivity contribution in [2.24, 2.45) is 0 Å². The molecule has 4 heterocycles. The summed E-state index contributed by atoms with van der Waals surface area (Å²) >= 11 is 8.78. The second-order valence-corrected chi connectivity index (χ2v) is 16.8. The fraction of sp³-hybridized carbons (Fsp3) is 0.429. The smallest absolute Gasteiger partial charge is 0.393 e. The van der Waals surface area contributed by atoms with E-state index in [-0.39, 0.29) is 12.2 Å². The third kappa shape index (κ3) is 11.6. The van der Waals surface area contributed by atoms with Crippen molar-refractivity contribution in [2.75, 3.05) is 61.5 Å². The number of hydrogen-bond acceptors (Lipinski definition) is 8. The van der Waals surface area contributed by atoms with E-state index in [9.17, 15) is 31.4 Å². The number of para-hydroxylation sites is 2. The molecule has 2 fully saturated rings. The average Bonchev–Trinajstić information content (AvgIpc) is 3.19. The van der Waals surface area contributed by atoms with Gasteiger partial charge in [0.15, 0.2) is 0 Å². The van der Waals surface area contributed by atoms with Crippen LogP contribution in [0.5, 0.6) is 0 Å². The van der Waals surface area contributed by atoms with Crippen LogP contribution in [0.2, 0.25) is 0 Å². The number of aliphatic hydroxyl groups is 2. The highest BCUT2D eigenvalue weighted by atomic mass is 35.5. The summed E-state index contributed by atoms with van der Waals surface area (Å²) in [5.41, 5.74) is 1.90. The number of rotatable bonds is 7. The standard InChI is InChI=1S/C21H23F3N2OS.C16H13ClF3NS.C5H11NO/c22-21(23,24)15-6-7-20-18(14-15)26(17-4-1-2-5-19(17)28-20)11-3-10-25-12-8-16(27)9-13-25;17-8-3-9-21-12-4-1-2-5-14(12)22-15-7-6-11(10-13(15)21)16(18,19)20;7-5-1-3-6-4-2-5/h1-2,4-7,14,16,27H,3,8-13H2;1-2,4-7,10H,3,8-9H2;5-7H,1-4H2. The number of aliphatic hydroxyl groups excluding tert-OH is 2. The van der Waals surface area contributed by atoms with Crippen LogP contribution in [0.4, 0.5) is 49.1 Å². The van der Waals surface area contributed by atoms with E-state index in [0.29, 0.717) is 36.8 Å². The van der Waals surface area contributed by atoms with E-state index in [1.807, 2.05) is 58.3 Å². The number of likely N-dealkylation sites (tertiary alicyclic amines) is 1. The topological polar surface area (TPSA) is 62.2 Å². The highest BCUT2D eigenvalue weighted by Crippen LogP contribution is 2.51. The lowest BCUT2D eigenvalue weighted by molar-refractivity contribution is -0.138. The molecule has 6 nitrogen and oxygen atoms in total. The Balaban J connectivity index is 0.000000168. The molecule has 4 aliphatic rings. The molecule has 0 aromatic heterocycles. The van der Waals surface area contributed by atoms with Crippen LogP contribution in [-0.4, -0.2) is 79.0 Å². The van der Waals surface area contributed by atoms with Gasteiger partial charge in [0.25, 0.3) is 0 Å². The molecule has 3 N–H and O–H groups in total. The quantitative estimate of drug-likeness (QED) is 0.126. The Morgan fingerprint density at radius 2 is 1.02 bits per heavy atom. The van der Waals surface area contributed by atoms with Crippen LogP contribution in [0.25, 0.3) is 0 Å². The number of anilines is 4. The number of nitrogens with one attached hydrogen (secondary N) is 1. The van der Waals surface area contributed by atoms with E-state index in [1.165, 1.54) is 35.7 Å². The Morgan fingerprint density at radius 1 is 0.579 bits per heavy atom. The average molecular weight is 853 g/mol. The van der Waals surface area contributed by atoms with Gasteiger partial charge in [-0.15, -0.1) is 11.6 Å². The van der Waals surface area contributed by atoms with Crippen molar-refractivity contribution in [1.29, 1.82) is 0 Å². The molecule has 308 valence electrons. The molecular weight excluding hydrogens is 806 g/mol. The van der Waals surface area contributed by atoms with Crippen molar-refractivity contribution < 1.29 is 36.6 Å². The summed E-state index contributed by atoms with van der Waals surface area (Å²) in [6.45, 7) is 5.86. The number of halogens is 7. The van der Waals surface area contributed by atoms with Crippen LogP contribution < -0.4 is 15.1 Å². The van der Waals surface area contributed by atoms with Crippen LogP contribution in [0.1, 0.15) is 49.7 Å². The Hall–Kier alpha value is -3.11. The van der Waals surface area contributed by atoms with Crippen molar-refractivity contribution >= 4 is 57.9 Å². The molecule has 0 spiro atoms. The Bertz CT molecular complexity index is 1920. The van der Waals surface area contributed by atoms with Crippen LogP contribution in [-0.2, 0) is 12.4 Å². The third-order valence-electron chi connectivity index (χ3n) is 10.1. The molecule has 57 heavy (non-hydrogen) atoms. The van der Waals surface area contributed by atoms with Gasteiger partial charge in [-0.05, 0) is 119 Å². The summed E-state index contributed by atoms with van der Waals surface area (Å²) in [7, 11) is 0. The Kier molecular flexibility index (Phi) is 15.1. The summed E-state index contributed by atoms with van der Waals surface area (Å²) in [5.74, 6) is 0.472. The molecule has 4 aromatic carbocycles. The summed E-state index contributed by atoms with van der Waals surface area (Å²) in [6, 6.07) is 23.5. The van der Waals surface area contributed by atoms with E-state index in [2.05, 4.69) is 10.2 Å².